The first-order valence-corrected chi connectivity index (χ1v) is 8.04. The highest BCUT2D eigenvalue weighted by atomic mass is 16.5. The lowest BCUT2D eigenvalue weighted by Crippen LogP contribution is -2.33. The van der Waals surface area contributed by atoms with Crippen molar-refractivity contribution < 1.29 is 19.7 Å². The molecule has 0 aromatic heterocycles. The van der Waals surface area contributed by atoms with Crippen molar-refractivity contribution in [1.29, 1.82) is 0 Å². The van der Waals surface area contributed by atoms with E-state index in [0.29, 0.717) is 12.2 Å². The van der Waals surface area contributed by atoms with Gasteiger partial charge in [0.25, 0.3) is 0 Å². The van der Waals surface area contributed by atoms with Crippen LogP contribution in [0.2, 0.25) is 0 Å². The second-order valence-corrected chi connectivity index (χ2v) is 6.30. The fourth-order valence-electron chi connectivity index (χ4n) is 3.07. The first-order chi connectivity index (χ1) is 11.5. The molecule has 0 aliphatic heterocycles. The van der Waals surface area contributed by atoms with Crippen LogP contribution in [0.15, 0.2) is 54.6 Å². The summed E-state index contributed by atoms with van der Waals surface area (Å²) in [5.74, 6) is -0.485. The molecule has 128 valence electrons. The number of hydrogen-bond acceptors (Lipinski definition) is 3. The quantitative estimate of drug-likeness (QED) is 0.779. The predicted octanol–water partition coefficient (Wildman–Crippen LogP) is 3.42. The van der Waals surface area contributed by atoms with Crippen LogP contribution in [0, 0.1) is 0 Å². The predicted molar refractivity (Wildman–Crippen MR) is 93.4 cm³/mol. The third kappa shape index (κ3) is 4.36. The average molecular weight is 328 g/mol. The molecule has 0 amide bonds. The summed E-state index contributed by atoms with van der Waals surface area (Å²) in [6, 6.07) is 17.6. The van der Waals surface area contributed by atoms with Gasteiger partial charge in [-0.15, -0.1) is 0 Å². The lowest BCUT2D eigenvalue weighted by atomic mass is 9.73. The summed E-state index contributed by atoms with van der Waals surface area (Å²) in [6.45, 7) is 1.99. The second-order valence-electron chi connectivity index (χ2n) is 6.30. The number of aliphatic hydroxyl groups is 1. The van der Waals surface area contributed by atoms with Gasteiger partial charge in [-0.05, 0) is 36.3 Å². The minimum atomic E-state index is -1.41. The molecule has 2 aromatic rings. The van der Waals surface area contributed by atoms with Crippen LogP contribution in [-0.4, -0.2) is 29.4 Å². The molecule has 4 nitrogen and oxygen atoms in total. The Bertz CT molecular complexity index is 668. The average Bonchev–Trinajstić information content (AvgIpc) is 2.60. The van der Waals surface area contributed by atoms with Gasteiger partial charge >= 0.3 is 5.97 Å². The van der Waals surface area contributed by atoms with Crippen molar-refractivity contribution in [2.24, 2.45) is 0 Å². The maximum absolute atomic E-state index is 11.2. The van der Waals surface area contributed by atoms with Gasteiger partial charge in [-0.3, -0.25) is 0 Å². The van der Waals surface area contributed by atoms with E-state index in [1.807, 2.05) is 49.4 Å². The molecule has 0 radical (unpaired) electrons. The SMILES string of the molecule is COc1ccccc1C(C)(CCc1ccccc1)CC(O)C(=O)O. The maximum Gasteiger partial charge on any atom is 0.332 e. The summed E-state index contributed by atoms with van der Waals surface area (Å²) in [5, 5.41) is 19.1. The summed E-state index contributed by atoms with van der Waals surface area (Å²) in [6.07, 6.45) is 0.231. The van der Waals surface area contributed by atoms with E-state index in [0.717, 1.165) is 12.0 Å². The fourth-order valence-corrected chi connectivity index (χ4v) is 3.07. The number of ether oxygens (including phenoxy) is 1. The number of rotatable bonds is 8. The third-order valence-electron chi connectivity index (χ3n) is 4.49. The Morgan fingerprint density at radius 2 is 1.75 bits per heavy atom. The Labute approximate surface area is 142 Å². The van der Waals surface area contributed by atoms with Crippen molar-refractivity contribution in [3.8, 4) is 5.75 Å². The molecule has 0 bridgehead atoms. The standard InChI is InChI=1S/C20H24O4/c1-20(14-17(21)19(22)23,13-12-15-8-4-3-5-9-15)16-10-6-7-11-18(16)24-2/h3-11,17,21H,12-14H2,1-2H3,(H,22,23). The number of aliphatic carboxylic acids is 1. The van der Waals surface area contributed by atoms with Gasteiger partial charge in [-0.2, -0.15) is 0 Å². The van der Waals surface area contributed by atoms with Gasteiger partial charge in [-0.25, -0.2) is 4.79 Å². The summed E-state index contributed by atoms with van der Waals surface area (Å²) in [7, 11) is 1.60. The molecule has 0 heterocycles. The normalized spacial score (nSPS) is 14.6. The number of carboxylic acids is 1. The Kier molecular flexibility index (Phi) is 5.99. The summed E-state index contributed by atoms with van der Waals surface area (Å²) >= 11 is 0. The maximum atomic E-state index is 11.2. The van der Waals surface area contributed by atoms with E-state index in [1.165, 1.54) is 5.56 Å². The topological polar surface area (TPSA) is 66.8 Å². The highest BCUT2D eigenvalue weighted by Crippen LogP contribution is 2.39. The molecule has 0 saturated carbocycles. The lowest BCUT2D eigenvalue weighted by Gasteiger charge is -2.33. The molecule has 2 unspecified atom stereocenters. The highest BCUT2D eigenvalue weighted by molar-refractivity contribution is 5.72. The number of methoxy groups -OCH3 is 1. The zero-order valence-electron chi connectivity index (χ0n) is 14.1. The number of aryl methyl sites for hydroxylation is 1. The van der Waals surface area contributed by atoms with Crippen molar-refractivity contribution in [2.45, 2.75) is 37.7 Å². The van der Waals surface area contributed by atoms with Crippen LogP contribution >= 0.6 is 0 Å². The van der Waals surface area contributed by atoms with Crippen molar-refractivity contribution in [3.05, 3.63) is 65.7 Å². The van der Waals surface area contributed by atoms with Gasteiger partial charge in [-0.1, -0.05) is 55.5 Å². The summed E-state index contributed by atoms with van der Waals surface area (Å²) < 4.78 is 5.46. The summed E-state index contributed by atoms with van der Waals surface area (Å²) in [4.78, 5) is 11.2. The molecule has 24 heavy (non-hydrogen) atoms. The molecule has 0 fully saturated rings. The van der Waals surface area contributed by atoms with Crippen LogP contribution in [0.1, 0.15) is 30.9 Å². The fraction of sp³-hybridized carbons (Fsp3) is 0.350. The van der Waals surface area contributed by atoms with Crippen molar-refractivity contribution in [3.63, 3.8) is 0 Å². The molecule has 4 heteroatoms. The molecule has 2 aromatic carbocycles. The smallest absolute Gasteiger partial charge is 0.332 e. The van der Waals surface area contributed by atoms with Gasteiger partial charge in [0.15, 0.2) is 6.10 Å². The van der Waals surface area contributed by atoms with Gasteiger partial charge in [0.05, 0.1) is 7.11 Å². The molecule has 2 N–H and O–H groups in total. The van der Waals surface area contributed by atoms with E-state index in [2.05, 4.69) is 12.1 Å². The Morgan fingerprint density at radius 1 is 1.12 bits per heavy atom. The molecular formula is C20H24O4. The molecular weight excluding hydrogens is 304 g/mol. The minimum Gasteiger partial charge on any atom is -0.496 e. The van der Waals surface area contributed by atoms with E-state index in [9.17, 15) is 9.90 Å². The molecule has 0 saturated heterocycles. The number of carbonyl (C=O) groups is 1. The number of hydrogen-bond donors (Lipinski definition) is 2. The highest BCUT2D eigenvalue weighted by Gasteiger charge is 2.34. The zero-order valence-corrected chi connectivity index (χ0v) is 14.1. The van der Waals surface area contributed by atoms with E-state index < -0.39 is 17.5 Å². The Balaban J connectivity index is 2.31. The zero-order chi connectivity index (χ0) is 17.6. The van der Waals surface area contributed by atoms with Crippen molar-refractivity contribution in [1.82, 2.24) is 0 Å². The van der Waals surface area contributed by atoms with Crippen LogP contribution in [0.4, 0.5) is 0 Å². The van der Waals surface area contributed by atoms with E-state index in [4.69, 9.17) is 9.84 Å². The van der Waals surface area contributed by atoms with Crippen LogP contribution in [0.5, 0.6) is 5.75 Å². The first kappa shape index (κ1) is 18.0. The monoisotopic (exact) mass is 328 g/mol. The van der Waals surface area contributed by atoms with E-state index >= 15 is 0 Å². The van der Waals surface area contributed by atoms with Gasteiger partial charge in [0.2, 0.25) is 0 Å². The summed E-state index contributed by atoms with van der Waals surface area (Å²) in [5.41, 5.74) is 1.59. The van der Waals surface area contributed by atoms with Crippen LogP contribution in [0.25, 0.3) is 0 Å². The van der Waals surface area contributed by atoms with Crippen molar-refractivity contribution >= 4 is 5.97 Å². The van der Waals surface area contributed by atoms with Gasteiger partial charge in [0, 0.05) is 5.56 Å². The number of para-hydroxylation sites is 1. The van der Waals surface area contributed by atoms with E-state index in [1.54, 1.807) is 7.11 Å². The molecule has 0 aliphatic carbocycles. The van der Waals surface area contributed by atoms with Crippen LogP contribution in [0.3, 0.4) is 0 Å². The molecule has 2 rings (SSSR count). The second kappa shape index (κ2) is 7.97. The van der Waals surface area contributed by atoms with Gasteiger partial charge < -0.3 is 14.9 Å². The van der Waals surface area contributed by atoms with Crippen molar-refractivity contribution in [2.75, 3.05) is 7.11 Å². The molecule has 0 aliphatic rings. The Morgan fingerprint density at radius 3 is 2.38 bits per heavy atom. The third-order valence-corrected chi connectivity index (χ3v) is 4.49. The molecule has 0 spiro atoms. The van der Waals surface area contributed by atoms with Gasteiger partial charge in [0.1, 0.15) is 5.75 Å². The first-order valence-electron chi connectivity index (χ1n) is 8.04. The Hall–Kier alpha value is -2.33. The molecule has 2 atom stereocenters. The minimum absolute atomic E-state index is 0.134. The number of benzene rings is 2. The van der Waals surface area contributed by atoms with Crippen LogP contribution in [-0.2, 0) is 16.6 Å². The number of aliphatic hydroxyl groups excluding tert-OH is 1. The largest absolute Gasteiger partial charge is 0.496 e. The lowest BCUT2D eigenvalue weighted by molar-refractivity contribution is -0.147. The van der Waals surface area contributed by atoms with E-state index in [-0.39, 0.29) is 6.42 Å². The number of carboxylic acid groups (broad SMARTS) is 1. The van der Waals surface area contributed by atoms with Crippen LogP contribution < -0.4 is 4.74 Å².